The molecule has 2 rings (SSSR count). The maximum absolute atomic E-state index is 5.89. The minimum Gasteiger partial charge on any atom is -0.438 e. The van der Waals surface area contributed by atoms with Crippen molar-refractivity contribution in [1.29, 1.82) is 0 Å². The number of halogens is 4. The number of benzene rings is 1. The molecule has 1 aromatic heterocycles. The van der Waals surface area contributed by atoms with Crippen molar-refractivity contribution in [2.24, 2.45) is 0 Å². The zero-order valence-corrected chi connectivity index (χ0v) is 11.9. The number of nitrogens with zero attached hydrogens (tertiary/aromatic N) is 2. The Labute approximate surface area is 124 Å². The van der Waals surface area contributed by atoms with Gasteiger partial charge in [0.05, 0.1) is 11.4 Å². The van der Waals surface area contributed by atoms with Crippen LogP contribution in [0.15, 0.2) is 24.5 Å². The summed E-state index contributed by atoms with van der Waals surface area (Å²) in [5.41, 5.74) is 0.511. The van der Waals surface area contributed by atoms with E-state index in [1.54, 1.807) is 18.2 Å². The first-order valence-electron chi connectivity index (χ1n) is 4.79. The van der Waals surface area contributed by atoms with Crippen LogP contribution in [0.5, 0.6) is 11.6 Å². The molecule has 0 N–H and O–H groups in total. The number of hydrogen-bond donors (Lipinski definition) is 0. The minimum atomic E-state index is 0.142. The molecule has 2 aromatic rings. The average Bonchev–Trinajstić information content (AvgIpc) is 2.27. The Morgan fingerprint density at radius 2 is 1.67 bits per heavy atom. The lowest BCUT2D eigenvalue weighted by Crippen LogP contribution is -1.96. The van der Waals surface area contributed by atoms with Gasteiger partial charge in [-0.25, -0.2) is 9.97 Å². The van der Waals surface area contributed by atoms with Crippen LogP contribution in [-0.2, 0) is 5.88 Å². The Balaban J connectivity index is 2.36. The SMILES string of the molecule is ClCc1c(Cl)ncnc1Oc1cc(Cl)cc(Cl)c1. The van der Waals surface area contributed by atoms with Crippen LogP contribution < -0.4 is 4.74 Å². The van der Waals surface area contributed by atoms with Crippen molar-refractivity contribution in [3.8, 4) is 11.6 Å². The zero-order chi connectivity index (χ0) is 13.1. The van der Waals surface area contributed by atoms with Crippen molar-refractivity contribution >= 4 is 46.4 Å². The van der Waals surface area contributed by atoms with Crippen molar-refractivity contribution in [1.82, 2.24) is 9.97 Å². The molecule has 18 heavy (non-hydrogen) atoms. The Kier molecular flexibility index (Phi) is 4.51. The Bertz CT molecular complexity index is 557. The molecule has 0 aliphatic carbocycles. The van der Waals surface area contributed by atoms with Crippen LogP contribution in [0.3, 0.4) is 0 Å². The highest BCUT2D eigenvalue weighted by Gasteiger charge is 2.11. The maximum Gasteiger partial charge on any atom is 0.228 e. The molecule has 0 bridgehead atoms. The second-order valence-electron chi connectivity index (χ2n) is 3.29. The molecule has 0 aliphatic heterocycles. The van der Waals surface area contributed by atoms with Crippen LogP contribution in [0.4, 0.5) is 0 Å². The lowest BCUT2D eigenvalue weighted by Gasteiger charge is -2.09. The normalized spacial score (nSPS) is 10.4. The number of ether oxygens (including phenoxy) is 1. The largest absolute Gasteiger partial charge is 0.438 e. The van der Waals surface area contributed by atoms with Crippen LogP contribution in [0, 0.1) is 0 Å². The predicted molar refractivity (Wildman–Crippen MR) is 73.1 cm³/mol. The van der Waals surface area contributed by atoms with Gasteiger partial charge in [-0.2, -0.15) is 0 Å². The maximum atomic E-state index is 5.89. The topological polar surface area (TPSA) is 35.0 Å². The van der Waals surface area contributed by atoms with Crippen LogP contribution in [0.1, 0.15) is 5.56 Å². The van der Waals surface area contributed by atoms with Crippen molar-refractivity contribution in [2.45, 2.75) is 5.88 Å². The van der Waals surface area contributed by atoms with Gasteiger partial charge < -0.3 is 4.74 Å². The summed E-state index contributed by atoms with van der Waals surface area (Å²) in [5, 5.41) is 1.18. The molecule has 1 heterocycles. The summed E-state index contributed by atoms with van der Waals surface area (Å²) in [6.07, 6.45) is 1.29. The van der Waals surface area contributed by atoms with E-state index in [1.807, 2.05) is 0 Å². The van der Waals surface area contributed by atoms with Gasteiger partial charge in [0.1, 0.15) is 17.2 Å². The average molecular weight is 324 g/mol. The molecule has 7 heteroatoms. The van der Waals surface area contributed by atoms with E-state index >= 15 is 0 Å². The zero-order valence-electron chi connectivity index (χ0n) is 8.83. The number of rotatable bonds is 3. The van der Waals surface area contributed by atoms with Gasteiger partial charge in [-0.1, -0.05) is 34.8 Å². The third-order valence-electron chi connectivity index (χ3n) is 2.04. The van der Waals surface area contributed by atoms with Gasteiger partial charge in [0.2, 0.25) is 5.88 Å². The Morgan fingerprint density at radius 1 is 1.00 bits per heavy atom. The number of aromatic nitrogens is 2. The molecule has 1 aromatic carbocycles. The summed E-state index contributed by atoms with van der Waals surface area (Å²) < 4.78 is 5.55. The molecule has 0 saturated carbocycles. The van der Waals surface area contributed by atoms with E-state index < -0.39 is 0 Å². The minimum absolute atomic E-state index is 0.142. The van der Waals surface area contributed by atoms with Crippen LogP contribution in [-0.4, -0.2) is 9.97 Å². The molecule has 0 fully saturated rings. The van der Waals surface area contributed by atoms with E-state index in [4.69, 9.17) is 51.1 Å². The van der Waals surface area contributed by atoms with Crippen molar-refractivity contribution < 1.29 is 4.74 Å². The van der Waals surface area contributed by atoms with Gasteiger partial charge >= 0.3 is 0 Å². The molecular weight excluding hydrogens is 318 g/mol. The Morgan fingerprint density at radius 3 is 2.28 bits per heavy atom. The molecule has 0 radical (unpaired) electrons. The second-order valence-corrected chi connectivity index (χ2v) is 4.79. The van der Waals surface area contributed by atoms with Crippen LogP contribution in [0.25, 0.3) is 0 Å². The van der Waals surface area contributed by atoms with Gasteiger partial charge in [-0.15, -0.1) is 11.6 Å². The van der Waals surface area contributed by atoms with Gasteiger partial charge in [0.25, 0.3) is 0 Å². The molecular formula is C11H6Cl4N2O. The van der Waals surface area contributed by atoms with E-state index in [0.717, 1.165) is 0 Å². The molecule has 3 nitrogen and oxygen atoms in total. The first-order chi connectivity index (χ1) is 8.60. The molecule has 94 valence electrons. The summed E-state index contributed by atoms with van der Waals surface area (Å²) in [6, 6.07) is 4.83. The molecule has 0 saturated heterocycles. The van der Waals surface area contributed by atoms with Gasteiger partial charge in [0, 0.05) is 10.0 Å². The second kappa shape index (κ2) is 5.93. The number of alkyl halides is 1. The lowest BCUT2D eigenvalue weighted by molar-refractivity contribution is 0.457. The fraction of sp³-hybridized carbons (Fsp3) is 0.0909. The third kappa shape index (κ3) is 3.18. The van der Waals surface area contributed by atoms with Gasteiger partial charge in [0.15, 0.2) is 0 Å². The highest BCUT2D eigenvalue weighted by Crippen LogP contribution is 2.31. The molecule has 0 atom stereocenters. The van der Waals surface area contributed by atoms with Crippen molar-refractivity contribution in [3.63, 3.8) is 0 Å². The van der Waals surface area contributed by atoms with Crippen LogP contribution >= 0.6 is 46.4 Å². The molecule has 0 amide bonds. The summed E-state index contributed by atoms with van der Waals surface area (Å²) in [6.45, 7) is 0. The van der Waals surface area contributed by atoms with E-state index in [-0.39, 0.29) is 16.9 Å². The van der Waals surface area contributed by atoms with Gasteiger partial charge in [-0.05, 0) is 18.2 Å². The summed E-state index contributed by atoms with van der Waals surface area (Å²) >= 11 is 23.4. The lowest BCUT2D eigenvalue weighted by atomic mass is 10.3. The molecule has 0 aliphatic rings. The highest BCUT2D eigenvalue weighted by atomic mass is 35.5. The van der Waals surface area contributed by atoms with E-state index in [2.05, 4.69) is 9.97 Å². The summed E-state index contributed by atoms with van der Waals surface area (Å²) in [4.78, 5) is 7.80. The van der Waals surface area contributed by atoms with E-state index in [9.17, 15) is 0 Å². The third-order valence-corrected chi connectivity index (χ3v) is 3.07. The first kappa shape index (κ1) is 13.7. The first-order valence-corrected chi connectivity index (χ1v) is 6.46. The Hall–Kier alpha value is -0.740. The smallest absolute Gasteiger partial charge is 0.228 e. The van der Waals surface area contributed by atoms with E-state index in [0.29, 0.717) is 21.4 Å². The summed E-state index contributed by atoms with van der Waals surface area (Å²) in [7, 11) is 0. The molecule has 0 unspecified atom stereocenters. The van der Waals surface area contributed by atoms with Crippen molar-refractivity contribution in [2.75, 3.05) is 0 Å². The highest BCUT2D eigenvalue weighted by molar-refractivity contribution is 6.34. The fourth-order valence-corrected chi connectivity index (χ4v) is 2.28. The fourth-order valence-electron chi connectivity index (χ4n) is 1.28. The number of hydrogen-bond acceptors (Lipinski definition) is 3. The summed E-state index contributed by atoms with van der Waals surface area (Å²) in [5.74, 6) is 0.875. The molecule has 0 spiro atoms. The predicted octanol–water partition coefficient (Wildman–Crippen LogP) is 4.97. The standard InChI is InChI=1S/C11H6Cl4N2O/c12-4-9-10(15)16-5-17-11(9)18-8-2-6(13)1-7(14)3-8/h1-3,5H,4H2. The monoisotopic (exact) mass is 322 g/mol. The van der Waals surface area contributed by atoms with E-state index in [1.165, 1.54) is 6.33 Å². The van der Waals surface area contributed by atoms with Crippen molar-refractivity contribution in [3.05, 3.63) is 45.3 Å². The van der Waals surface area contributed by atoms with Gasteiger partial charge in [-0.3, -0.25) is 0 Å². The van der Waals surface area contributed by atoms with Crippen LogP contribution in [0.2, 0.25) is 15.2 Å². The quantitative estimate of drug-likeness (QED) is 0.591.